The van der Waals surface area contributed by atoms with Gasteiger partial charge in [-0.1, -0.05) is 23.9 Å². The fourth-order valence-electron chi connectivity index (χ4n) is 2.15. The number of hydrogen-bond donors (Lipinski definition) is 2. The third kappa shape index (κ3) is 4.24. The predicted molar refractivity (Wildman–Crippen MR) is 88.7 cm³/mol. The summed E-state index contributed by atoms with van der Waals surface area (Å²) in [6.45, 7) is 2.63. The molecule has 0 aliphatic carbocycles. The second-order valence-electron chi connectivity index (χ2n) is 5.06. The van der Waals surface area contributed by atoms with Crippen molar-refractivity contribution in [1.29, 1.82) is 0 Å². The molecule has 2 aromatic carbocycles. The van der Waals surface area contributed by atoms with Crippen molar-refractivity contribution in [2.45, 2.75) is 22.8 Å². The molecule has 0 saturated carbocycles. The lowest BCUT2D eigenvalue weighted by Crippen LogP contribution is -2.40. The molecule has 0 bridgehead atoms. The molecule has 0 fully saturated rings. The Balaban J connectivity index is 1.55. The van der Waals surface area contributed by atoms with Gasteiger partial charge in [0, 0.05) is 29.4 Å². The van der Waals surface area contributed by atoms with E-state index in [9.17, 15) is 4.39 Å². The van der Waals surface area contributed by atoms with Crippen LogP contribution >= 0.6 is 11.8 Å². The normalized spacial score (nSPS) is 14.1. The Labute approximate surface area is 134 Å². The van der Waals surface area contributed by atoms with Crippen LogP contribution < -0.4 is 10.6 Å². The fraction of sp³-hybridized carbons (Fsp3) is 0.235. The molecule has 1 aliphatic rings. The summed E-state index contributed by atoms with van der Waals surface area (Å²) in [5.41, 5.74) is 1.21. The van der Waals surface area contributed by atoms with Crippen LogP contribution in [-0.4, -0.2) is 19.0 Å². The highest BCUT2D eigenvalue weighted by Gasteiger charge is 2.03. The van der Waals surface area contributed by atoms with E-state index in [2.05, 4.69) is 39.9 Å². The molecule has 0 atom stereocenters. The quantitative estimate of drug-likeness (QED) is 0.908. The van der Waals surface area contributed by atoms with Gasteiger partial charge in [0.1, 0.15) is 5.82 Å². The molecule has 1 aliphatic heterocycles. The van der Waals surface area contributed by atoms with Crippen molar-refractivity contribution in [2.24, 2.45) is 4.99 Å². The third-order valence-electron chi connectivity index (χ3n) is 3.33. The van der Waals surface area contributed by atoms with E-state index in [0.717, 1.165) is 41.8 Å². The van der Waals surface area contributed by atoms with E-state index in [1.165, 1.54) is 17.7 Å². The largest absolute Gasteiger partial charge is 0.356 e. The van der Waals surface area contributed by atoms with Gasteiger partial charge in [0.15, 0.2) is 5.96 Å². The summed E-state index contributed by atoms with van der Waals surface area (Å²) >= 11 is 1.63. The number of nitrogens with zero attached hydrogens (tertiary/aromatic N) is 1. The first-order chi connectivity index (χ1) is 10.8. The maximum absolute atomic E-state index is 12.9. The van der Waals surface area contributed by atoms with Gasteiger partial charge >= 0.3 is 0 Å². The molecule has 0 amide bonds. The fourth-order valence-corrected chi connectivity index (χ4v) is 2.97. The van der Waals surface area contributed by atoms with Crippen LogP contribution in [0.2, 0.25) is 0 Å². The second-order valence-corrected chi connectivity index (χ2v) is 6.21. The molecule has 114 valence electrons. The molecule has 22 heavy (non-hydrogen) atoms. The highest BCUT2D eigenvalue weighted by atomic mass is 32.2. The van der Waals surface area contributed by atoms with Gasteiger partial charge in [-0.15, -0.1) is 0 Å². The first-order valence-corrected chi connectivity index (χ1v) is 8.16. The van der Waals surface area contributed by atoms with Gasteiger partial charge in [-0.05, 0) is 48.4 Å². The van der Waals surface area contributed by atoms with E-state index in [1.54, 1.807) is 23.9 Å². The van der Waals surface area contributed by atoms with Gasteiger partial charge in [0.25, 0.3) is 0 Å². The van der Waals surface area contributed by atoms with E-state index in [0.29, 0.717) is 0 Å². The van der Waals surface area contributed by atoms with Crippen molar-refractivity contribution < 1.29 is 4.39 Å². The summed E-state index contributed by atoms with van der Waals surface area (Å²) in [5.74, 6) is 0.682. The van der Waals surface area contributed by atoms with Crippen LogP contribution in [0.15, 0.2) is 63.3 Å². The Morgan fingerprint density at radius 3 is 2.36 bits per heavy atom. The Hall–Kier alpha value is -2.01. The van der Waals surface area contributed by atoms with Crippen molar-refractivity contribution in [2.75, 3.05) is 13.1 Å². The summed E-state index contributed by atoms with van der Waals surface area (Å²) in [5, 5.41) is 6.55. The zero-order valence-corrected chi connectivity index (χ0v) is 13.0. The number of benzene rings is 2. The Bertz CT molecular complexity index is 638. The van der Waals surface area contributed by atoms with Crippen molar-refractivity contribution in [1.82, 2.24) is 10.6 Å². The van der Waals surface area contributed by atoms with Crippen molar-refractivity contribution in [3.63, 3.8) is 0 Å². The van der Waals surface area contributed by atoms with Gasteiger partial charge in [0.05, 0.1) is 0 Å². The minimum atomic E-state index is -0.204. The Morgan fingerprint density at radius 1 is 1.05 bits per heavy atom. The van der Waals surface area contributed by atoms with E-state index in [4.69, 9.17) is 0 Å². The summed E-state index contributed by atoms with van der Waals surface area (Å²) in [6, 6.07) is 14.9. The molecular formula is C17H18FN3S. The molecule has 0 radical (unpaired) electrons. The number of guanidine groups is 1. The van der Waals surface area contributed by atoms with E-state index >= 15 is 0 Å². The lowest BCUT2D eigenvalue weighted by molar-refractivity contribution is 0.626. The lowest BCUT2D eigenvalue weighted by Gasteiger charge is -2.16. The average molecular weight is 315 g/mol. The van der Waals surface area contributed by atoms with Gasteiger partial charge in [-0.3, -0.25) is 4.99 Å². The smallest absolute Gasteiger partial charge is 0.191 e. The van der Waals surface area contributed by atoms with Crippen LogP contribution in [0, 0.1) is 5.82 Å². The van der Waals surface area contributed by atoms with Gasteiger partial charge < -0.3 is 10.6 Å². The molecule has 1 heterocycles. The highest BCUT2D eigenvalue weighted by molar-refractivity contribution is 7.99. The van der Waals surface area contributed by atoms with Crippen molar-refractivity contribution in [3.8, 4) is 0 Å². The summed E-state index contributed by atoms with van der Waals surface area (Å²) < 4.78 is 12.9. The Morgan fingerprint density at radius 2 is 1.73 bits per heavy atom. The minimum absolute atomic E-state index is 0.204. The summed E-state index contributed by atoms with van der Waals surface area (Å²) in [7, 11) is 0. The molecule has 5 heteroatoms. The molecule has 0 unspecified atom stereocenters. The number of halogens is 1. The number of rotatable bonds is 4. The molecule has 0 saturated heterocycles. The summed E-state index contributed by atoms with van der Waals surface area (Å²) in [4.78, 5) is 6.56. The van der Waals surface area contributed by atoms with Crippen LogP contribution in [-0.2, 0) is 6.54 Å². The van der Waals surface area contributed by atoms with Crippen LogP contribution in [0.3, 0.4) is 0 Å². The lowest BCUT2D eigenvalue weighted by atomic mass is 10.2. The monoisotopic (exact) mass is 315 g/mol. The molecule has 0 aromatic heterocycles. The zero-order valence-electron chi connectivity index (χ0n) is 12.2. The molecular weight excluding hydrogens is 297 g/mol. The van der Waals surface area contributed by atoms with E-state index in [1.807, 2.05) is 0 Å². The average Bonchev–Trinajstić information content (AvgIpc) is 2.57. The molecule has 3 rings (SSSR count). The van der Waals surface area contributed by atoms with Crippen LogP contribution in [0.4, 0.5) is 4.39 Å². The summed E-state index contributed by atoms with van der Waals surface area (Å²) in [6.07, 6.45) is 1.10. The number of nitrogens with one attached hydrogen (secondary N) is 2. The maximum atomic E-state index is 12.9. The molecule has 3 nitrogen and oxygen atoms in total. The van der Waals surface area contributed by atoms with E-state index < -0.39 is 0 Å². The predicted octanol–water partition coefficient (Wildman–Crippen LogP) is 3.42. The third-order valence-corrected chi connectivity index (χ3v) is 4.35. The number of hydrogen-bond acceptors (Lipinski definition) is 4. The first kappa shape index (κ1) is 14.9. The van der Waals surface area contributed by atoms with E-state index in [-0.39, 0.29) is 5.82 Å². The molecule has 2 N–H and O–H groups in total. The standard InChI is InChI=1S/C17H18FN3S/c18-14-4-8-16(9-5-14)22-15-6-2-13(3-7-15)12-21-17-19-10-1-11-20-17/h2-9H,1,10-12H2,(H2,19,20,21). The van der Waals surface area contributed by atoms with Gasteiger partial charge in [-0.2, -0.15) is 0 Å². The van der Waals surface area contributed by atoms with Crippen LogP contribution in [0.5, 0.6) is 0 Å². The van der Waals surface area contributed by atoms with Crippen LogP contribution in [0.25, 0.3) is 0 Å². The molecule has 0 spiro atoms. The Kier molecular flexibility index (Phi) is 4.96. The van der Waals surface area contributed by atoms with Gasteiger partial charge in [0.2, 0.25) is 0 Å². The van der Waals surface area contributed by atoms with Crippen LogP contribution in [0.1, 0.15) is 12.0 Å². The maximum Gasteiger partial charge on any atom is 0.191 e. The second kappa shape index (κ2) is 7.31. The first-order valence-electron chi connectivity index (χ1n) is 7.34. The topological polar surface area (TPSA) is 36.4 Å². The van der Waals surface area contributed by atoms with Crippen molar-refractivity contribution in [3.05, 3.63) is 59.9 Å². The van der Waals surface area contributed by atoms with Gasteiger partial charge in [-0.25, -0.2) is 4.39 Å². The molecule has 2 aromatic rings. The van der Waals surface area contributed by atoms with Crippen molar-refractivity contribution >= 4 is 17.7 Å². The minimum Gasteiger partial charge on any atom is -0.356 e. The zero-order chi connectivity index (χ0) is 15.2. The SMILES string of the molecule is Fc1ccc(Sc2ccc(CNC3=NCCCN3)cc2)cc1. The highest BCUT2D eigenvalue weighted by Crippen LogP contribution is 2.27. The number of aliphatic imine (C=N–C) groups is 1.